The molecule has 0 fully saturated rings. The van der Waals surface area contributed by atoms with Crippen molar-refractivity contribution in [1.29, 1.82) is 0 Å². The Labute approximate surface area is 175 Å². The van der Waals surface area contributed by atoms with Gasteiger partial charge in [-0.1, -0.05) is 50.2 Å². The number of amides is 2. The first-order valence-corrected chi connectivity index (χ1v) is 10.4. The third-order valence-corrected chi connectivity index (χ3v) is 5.59. The predicted octanol–water partition coefficient (Wildman–Crippen LogP) is 5.16. The van der Waals surface area contributed by atoms with E-state index in [4.69, 9.17) is 0 Å². The van der Waals surface area contributed by atoms with Crippen molar-refractivity contribution in [3.05, 3.63) is 70.7 Å². The Bertz CT molecular complexity index is 1010. The lowest BCUT2D eigenvalue weighted by atomic mass is 10.0. The standard InChI is InChI=1S/C23H25N3O2S/c1-15(2)18-8-10-19(11-9-18)23-25-21(14-29-23)22(28)24-20-7-5-6-17(12-20)13-26(4)16(3)27/h5-12,14-15H,13H2,1-4H3,(H,24,28). The first-order valence-electron chi connectivity index (χ1n) is 9.51. The van der Waals surface area contributed by atoms with Crippen LogP contribution in [-0.2, 0) is 11.3 Å². The molecule has 0 atom stereocenters. The predicted molar refractivity (Wildman–Crippen MR) is 118 cm³/mol. The molecule has 6 heteroatoms. The molecule has 150 valence electrons. The van der Waals surface area contributed by atoms with E-state index in [1.54, 1.807) is 17.3 Å². The topological polar surface area (TPSA) is 62.3 Å². The quantitative estimate of drug-likeness (QED) is 0.614. The van der Waals surface area contributed by atoms with Gasteiger partial charge < -0.3 is 10.2 Å². The number of anilines is 1. The molecule has 5 nitrogen and oxygen atoms in total. The Morgan fingerprint density at radius 2 is 1.86 bits per heavy atom. The van der Waals surface area contributed by atoms with E-state index < -0.39 is 0 Å². The lowest BCUT2D eigenvalue weighted by Gasteiger charge is -2.15. The monoisotopic (exact) mass is 407 g/mol. The van der Waals surface area contributed by atoms with E-state index in [9.17, 15) is 9.59 Å². The zero-order valence-electron chi connectivity index (χ0n) is 17.1. The van der Waals surface area contributed by atoms with Crippen molar-refractivity contribution in [3.63, 3.8) is 0 Å². The first-order chi connectivity index (χ1) is 13.8. The molecule has 0 bridgehead atoms. The van der Waals surface area contributed by atoms with Crippen molar-refractivity contribution in [3.8, 4) is 10.6 Å². The highest BCUT2D eigenvalue weighted by Gasteiger charge is 2.13. The molecule has 0 spiro atoms. The zero-order valence-corrected chi connectivity index (χ0v) is 17.9. The molecule has 0 unspecified atom stereocenters. The molecule has 3 aromatic rings. The van der Waals surface area contributed by atoms with Gasteiger partial charge in [-0.2, -0.15) is 0 Å². The number of benzene rings is 2. The normalized spacial score (nSPS) is 10.8. The van der Waals surface area contributed by atoms with Gasteiger partial charge in [0.1, 0.15) is 10.7 Å². The molecule has 0 saturated heterocycles. The van der Waals surface area contributed by atoms with Crippen LogP contribution in [0.25, 0.3) is 10.6 Å². The smallest absolute Gasteiger partial charge is 0.275 e. The lowest BCUT2D eigenvalue weighted by Crippen LogP contribution is -2.23. The average molecular weight is 408 g/mol. The third kappa shape index (κ3) is 5.29. The molecule has 1 N–H and O–H groups in total. The van der Waals surface area contributed by atoms with E-state index in [0.29, 0.717) is 23.8 Å². The van der Waals surface area contributed by atoms with Crippen molar-refractivity contribution in [2.24, 2.45) is 0 Å². The van der Waals surface area contributed by atoms with Gasteiger partial charge in [-0.05, 0) is 29.2 Å². The summed E-state index contributed by atoms with van der Waals surface area (Å²) in [5.41, 5.74) is 4.31. The molecule has 1 aromatic heterocycles. The first kappa shape index (κ1) is 20.7. The zero-order chi connectivity index (χ0) is 21.0. The van der Waals surface area contributed by atoms with Gasteiger partial charge in [-0.3, -0.25) is 9.59 Å². The number of thiazole rings is 1. The van der Waals surface area contributed by atoms with Crippen LogP contribution >= 0.6 is 11.3 Å². The van der Waals surface area contributed by atoms with Gasteiger partial charge in [0, 0.05) is 37.1 Å². The number of nitrogens with zero attached hydrogens (tertiary/aromatic N) is 2. The summed E-state index contributed by atoms with van der Waals surface area (Å²) in [7, 11) is 1.75. The third-order valence-electron chi connectivity index (χ3n) is 4.70. The van der Waals surface area contributed by atoms with E-state index in [0.717, 1.165) is 16.1 Å². The molecule has 1 heterocycles. The summed E-state index contributed by atoms with van der Waals surface area (Å²) in [5, 5.41) is 5.49. The second kappa shape index (κ2) is 9.01. The Hall–Kier alpha value is -2.99. The van der Waals surface area contributed by atoms with Crippen LogP contribution in [0.3, 0.4) is 0 Å². The minimum atomic E-state index is -0.247. The summed E-state index contributed by atoms with van der Waals surface area (Å²) in [6.45, 7) is 6.34. The number of nitrogens with one attached hydrogen (secondary N) is 1. The van der Waals surface area contributed by atoms with Gasteiger partial charge in [0.15, 0.2) is 0 Å². The second-order valence-corrected chi connectivity index (χ2v) is 8.20. The Morgan fingerprint density at radius 1 is 1.14 bits per heavy atom. The highest BCUT2D eigenvalue weighted by atomic mass is 32.1. The number of carbonyl (C=O) groups excluding carboxylic acids is 2. The molecular weight excluding hydrogens is 382 g/mol. The molecule has 0 radical (unpaired) electrons. The molecular formula is C23H25N3O2S. The number of carbonyl (C=O) groups is 2. The molecule has 2 amide bonds. The van der Waals surface area contributed by atoms with Crippen molar-refractivity contribution in [2.75, 3.05) is 12.4 Å². The van der Waals surface area contributed by atoms with Gasteiger partial charge in [0.05, 0.1) is 0 Å². The van der Waals surface area contributed by atoms with Crippen LogP contribution in [0.4, 0.5) is 5.69 Å². The summed E-state index contributed by atoms with van der Waals surface area (Å²) in [6.07, 6.45) is 0. The summed E-state index contributed by atoms with van der Waals surface area (Å²) in [5.74, 6) is 0.229. The Kier molecular flexibility index (Phi) is 6.44. The molecule has 29 heavy (non-hydrogen) atoms. The van der Waals surface area contributed by atoms with Gasteiger partial charge in [-0.25, -0.2) is 4.98 Å². The fraction of sp³-hybridized carbons (Fsp3) is 0.261. The maximum atomic E-state index is 12.6. The Morgan fingerprint density at radius 3 is 2.52 bits per heavy atom. The summed E-state index contributed by atoms with van der Waals surface area (Å²) in [6, 6.07) is 15.8. The number of rotatable bonds is 6. The summed E-state index contributed by atoms with van der Waals surface area (Å²) < 4.78 is 0. The minimum absolute atomic E-state index is 0.00383. The van der Waals surface area contributed by atoms with E-state index in [2.05, 4.69) is 36.3 Å². The van der Waals surface area contributed by atoms with Gasteiger partial charge in [0.25, 0.3) is 5.91 Å². The van der Waals surface area contributed by atoms with Crippen LogP contribution in [0.5, 0.6) is 0 Å². The van der Waals surface area contributed by atoms with Crippen molar-refractivity contribution in [1.82, 2.24) is 9.88 Å². The molecule has 2 aromatic carbocycles. The van der Waals surface area contributed by atoms with Crippen LogP contribution in [0.2, 0.25) is 0 Å². The number of aromatic nitrogens is 1. The largest absolute Gasteiger partial charge is 0.342 e. The van der Waals surface area contributed by atoms with Gasteiger partial charge >= 0.3 is 0 Å². The maximum absolute atomic E-state index is 12.6. The Balaban J connectivity index is 1.70. The number of hydrogen-bond acceptors (Lipinski definition) is 4. The van der Waals surface area contributed by atoms with Crippen LogP contribution in [0.15, 0.2) is 53.9 Å². The van der Waals surface area contributed by atoms with Crippen LogP contribution in [0, 0.1) is 0 Å². The SMILES string of the molecule is CC(=O)N(C)Cc1cccc(NC(=O)c2csc(-c3ccc(C(C)C)cc3)n2)c1. The van der Waals surface area contributed by atoms with E-state index in [1.165, 1.54) is 23.8 Å². The summed E-state index contributed by atoms with van der Waals surface area (Å²) in [4.78, 5) is 30.2. The van der Waals surface area contributed by atoms with Gasteiger partial charge in [-0.15, -0.1) is 11.3 Å². The minimum Gasteiger partial charge on any atom is -0.342 e. The molecule has 0 aliphatic heterocycles. The highest BCUT2D eigenvalue weighted by Crippen LogP contribution is 2.26. The van der Waals surface area contributed by atoms with Gasteiger partial charge in [0.2, 0.25) is 5.91 Å². The van der Waals surface area contributed by atoms with Crippen molar-refractivity contribution >= 4 is 28.8 Å². The van der Waals surface area contributed by atoms with E-state index >= 15 is 0 Å². The fourth-order valence-electron chi connectivity index (χ4n) is 2.85. The molecule has 3 rings (SSSR count). The van der Waals surface area contributed by atoms with Crippen molar-refractivity contribution < 1.29 is 9.59 Å². The van der Waals surface area contributed by atoms with Crippen LogP contribution in [-0.4, -0.2) is 28.7 Å². The summed E-state index contributed by atoms with van der Waals surface area (Å²) >= 11 is 1.45. The highest BCUT2D eigenvalue weighted by molar-refractivity contribution is 7.13. The lowest BCUT2D eigenvalue weighted by molar-refractivity contribution is -0.128. The fourth-order valence-corrected chi connectivity index (χ4v) is 3.66. The molecule has 0 aliphatic rings. The molecule has 0 saturated carbocycles. The van der Waals surface area contributed by atoms with E-state index in [1.807, 2.05) is 36.4 Å². The average Bonchev–Trinajstić information content (AvgIpc) is 3.18. The number of hydrogen-bond donors (Lipinski definition) is 1. The van der Waals surface area contributed by atoms with Crippen LogP contribution in [0.1, 0.15) is 48.3 Å². The van der Waals surface area contributed by atoms with Crippen molar-refractivity contribution in [2.45, 2.75) is 33.2 Å². The van der Waals surface area contributed by atoms with Crippen LogP contribution < -0.4 is 5.32 Å². The maximum Gasteiger partial charge on any atom is 0.275 e. The molecule has 0 aliphatic carbocycles. The van der Waals surface area contributed by atoms with E-state index in [-0.39, 0.29) is 11.8 Å². The second-order valence-electron chi connectivity index (χ2n) is 7.34.